The lowest BCUT2D eigenvalue weighted by Gasteiger charge is -2.26. The summed E-state index contributed by atoms with van der Waals surface area (Å²) in [7, 11) is 0. The van der Waals surface area contributed by atoms with Crippen LogP contribution in [0.2, 0.25) is 0 Å². The summed E-state index contributed by atoms with van der Waals surface area (Å²) in [5.41, 5.74) is 0.356. The van der Waals surface area contributed by atoms with Crippen LogP contribution in [0, 0.1) is 0 Å². The molecule has 0 spiro atoms. The topological polar surface area (TPSA) is 85.3 Å². The second-order valence-electron chi connectivity index (χ2n) is 8.15. The molecule has 1 unspecified atom stereocenters. The largest absolute Gasteiger partial charge is 0.573 e. The summed E-state index contributed by atoms with van der Waals surface area (Å²) in [6, 6.07) is 16.7. The van der Waals surface area contributed by atoms with Crippen LogP contribution in [0.5, 0.6) is 17.2 Å². The zero-order valence-corrected chi connectivity index (χ0v) is 20.5. The van der Waals surface area contributed by atoms with Crippen LogP contribution in [0.3, 0.4) is 0 Å². The molecule has 38 heavy (non-hydrogen) atoms. The van der Waals surface area contributed by atoms with Crippen molar-refractivity contribution in [1.82, 2.24) is 0 Å². The van der Waals surface area contributed by atoms with Gasteiger partial charge >= 0.3 is 6.36 Å². The van der Waals surface area contributed by atoms with E-state index in [1.165, 1.54) is 18.2 Å². The Balaban J connectivity index is 1.90. The van der Waals surface area contributed by atoms with Crippen LogP contribution in [0.1, 0.15) is 31.0 Å². The second-order valence-corrected chi connectivity index (χ2v) is 8.15. The molecular weight excluding hydrogens is 503 g/mol. The maximum Gasteiger partial charge on any atom is 0.573 e. The molecule has 3 aromatic carbocycles. The first-order valence-corrected chi connectivity index (χ1v) is 11.8. The SMILES string of the molecule is CCOc1ccc(/C(O)=C2/C(=O)C(=O)N(c3cccc(OC(F)(F)F)c3)C2c2ccccc2)c(OCC)c1. The fourth-order valence-corrected chi connectivity index (χ4v) is 4.25. The predicted octanol–water partition coefficient (Wildman–Crippen LogP) is 6.01. The number of ether oxygens (including phenoxy) is 3. The lowest BCUT2D eigenvalue weighted by atomic mass is 9.95. The Hall–Kier alpha value is -4.47. The standard InChI is InChI=1S/C28H24F3NO6/c1-3-36-19-13-14-21(22(16-19)37-4-2)25(33)23-24(17-9-6-5-7-10-17)32(27(35)26(23)34)18-11-8-12-20(15-18)38-28(29,30)31/h5-16,24,33H,3-4H2,1-2H3/b25-23-. The average Bonchev–Trinajstić information content (AvgIpc) is 3.14. The van der Waals surface area contributed by atoms with Gasteiger partial charge < -0.3 is 19.3 Å². The fraction of sp³-hybridized carbons (Fsp3) is 0.214. The highest BCUT2D eigenvalue weighted by molar-refractivity contribution is 6.51. The summed E-state index contributed by atoms with van der Waals surface area (Å²) in [5, 5.41) is 11.4. The normalized spacial score (nSPS) is 17.0. The smallest absolute Gasteiger partial charge is 0.507 e. The van der Waals surface area contributed by atoms with E-state index in [-0.39, 0.29) is 29.2 Å². The van der Waals surface area contributed by atoms with E-state index < -0.39 is 35.6 Å². The van der Waals surface area contributed by atoms with Crippen LogP contribution >= 0.6 is 0 Å². The molecular formula is C28H24F3NO6. The van der Waals surface area contributed by atoms with Gasteiger partial charge in [-0.25, -0.2) is 0 Å². The van der Waals surface area contributed by atoms with Gasteiger partial charge in [-0.3, -0.25) is 14.5 Å². The third-order valence-electron chi connectivity index (χ3n) is 5.71. The molecule has 0 radical (unpaired) electrons. The Labute approximate surface area is 216 Å². The van der Waals surface area contributed by atoms with Crippen LogP contribution in [0.25, 0.3) is 5.76 Å². The molecule has 1 atom stereocenters. The van der Waals surface area contributed by atoms with Gasteiger partial charge in [0, 0.05) is 17.8 Å². The minimum atomic E-state index is -4.95. The van der Waals surface area contributed by atoms with Gasteiger partial charge in [-0.15, -0.1) is 13.2 Å². The summed E-state index contributed by atoms with van der Waals surface area (Å²) in [6.45, 7) is 4.20. The second kappa shape index (κ2) is 10.9. The number of anilines is 1. The van der Waals surface area contributed by atoms with Crippen molar-refractivity contribution < 1.29 is 42.1 Å². The maximum atomic E-state index is 13.4. The lowest BCUT2D eigenvalue weighted by molar-refractivity contribution is -0.274. The van der Waals surface area contributed by atoms with E-state index in [0.717, 1.165) is 17.0 Å². The minimum Gasteiger partial charge on any atom is -0.507 e. The third kappa shape index (κ3) is 5.44. The Bertz CT molecular complexity index is 1370. The Morgan fingerprint density at radius 3 is 2.26 bits per heavy atom. The molecule has 0 bridgehead atoms. The number of halogens is 3. The van der Waals surface area contributed by atoms with Gasteiger partial charge in [0.2, 0.25) is 0 Å². The van der Waals surface area contributed by atoms with Crippen molar-refractivity contribution in [3.05, 3.63) is 89.5 Å². The number of Topliss-reactive ketones (excluding diaryl/α,β-unsaturated/α-hetero) is 1. The molecule has 1 saturated heterocycles. The van der Waals surface area contributed by atoms with E-state index in [1.54, 1.807) is 49.4 Å². The zero-order chi connectivity index (χ0) is 27.4. The average molecular weight is 527 g/mol. The van der Waals surface area contributed by atoms with Gasteiger partial charge in [0.15, 0.2) is 0 Å². The van der Waals surface area contributed by atoms with Gasteiger partial charge in [0.05, 0.1) is 30.4 Å². The van der Waals surface area contributed by atoms with Gasteiger partial charge in [-0.1, -0.05) is 36.4 Å². The van der Waals surface area contributed by atoms with Gasteiger partial charge in [0.25, 0.3) is 11.7 Å². The lowest BCUT2D eigenvalue weighted by Crippen LogP contribution is -2.29. The molecule has 3 aromatic rings. The van der Waals surface area contributed by atoms with Crippen molar-refractivity contribution >= 4 is 23.1 Å². The Kier molecular flexibility index (Phi) is 7.61. The summed E-state index contributed by atoms with van der Waals surface area (Å²) in [5.74, 6) is -2.37. The number of carbonyl (C=O) groups excluding carboxylic acids is 2. The van der Waals surface area contributed by atoms with Crippen LogP contribution in [0.4, 0.5) is 18.9 Å². The molecule has 7 nitrogen and oxygen atoms in total. The maximum absolute atomic E-state index is 13.4. The van der Waals surface area contributed by atoms with Crippen molar-refractivity contribution in [2.45, 2.75) is 26.3 Å². The van der Waals surface area contributed by atoms with Crippen molar-refractivity contribution in [3.63, 3.8) is 0 Å². The van der Waals surface area contributed by atoms with E-state index in [0.29, 0.717) is 17.9 Å². The van der Waals surface area contributed by atoms with E-state index in [4.69, 9.17) is 9.47 Å². The highest BCUT2D eigenvalue weighted by atomic mass is 19.4. The molecule has 1 N–H and O–H groups in total. The van der Waals surface area contributed by atoms with Crippen molar-refractivity contribution in [2.24, 2.45) is 0 Å². The Morgan fingerprint density at radius 1 is 0.895 bits per heavy atom. The third-order valence-corrected chi connectivity index (χ3v) is 5.71. The highest BCUT2D eigenvalue weighted by Crippen LogP contribution is 2.44. The number of hydrogen-bond donors (Lipinski definition) is 1. The summed E-state index contributed by atoms with van der Waals surface area (Å²) >= 11 is 0. The first kappa shape index (κ1) is 26.6. The number of carbonyl (C=O) groups is 2. The minimum absolute atomic E-state index is 0.0153. The Morgan fingerprint density at radius 2 is 1.61 bits per heavy atom. The van der Waals surface area contributed by atoms with E-state index in [1.807, 2.05) is 6.92 Å². The van der Waals surface area contributed by atoms with Crippen molar-refractivity contribution in [3.8, 4) is 17.2 Å². The zero-order valence-electron chi connectivity index (χ0n) is 20.5. The van der Waals surface area contributed by atoms with E-state index in [2.05, 4.69) is 4.74 Å². The van der Waals surface area contributed by atoms with Crippen LogP contribution < -0.4 is 19.1 Å². The molecule has 1 fully saturated rings. The van der Waals surface area contributed by atoms with E-state index >= 15 is 0 Å². The first-order chi connectivity index (χ1) is 18.1. The molecule has 0 aromatic heterocycles. The van der Waals surface area contributed by atoms with Gasteiger partial charge in [-0.2, -0.15) is 0 Å². The number of aliphatic hydroxyl groups excluding tert-OH is 1. The fourth-order valence-electron chi connectivity index (χ4n) is 4.25. The monoisotopic (exact) mass is 527 g/mol. The van der Waals surface area contributed by atoms with Crippen LogP contribution in [-0.2, 0) is 9.59 Å². The molecule has 1 aliphatic rings. The summed E-state index contributed by atoms with van der Waals surface area (Å²) < 4.78 is 53.7. The molecule has 1 amide bonds. The van der Waals surface area contributed by atoms with Crippen molar-refractivity contribution in [1.29, 1.82) is 0 Å². The molecule has 10 heteroatoms. The quantitative estimate of drug-likeness (QED) is 0.220. The number of hydrogen-bond acceptors (Lipinski definition) is 6. The first-order valence-electron chi connectivity index (χ1n) is 11.8. The number of ketones is 1. The number of aliphatic hydroxyl groups is 1. The number of rotatable bonds is 8. The predicted molar refractivity (Wildman–Crippen MR) is 133 cm³/mol. The number of nitrogens with zero attached hydrogens (tertiary/aromatic N) is 1. The molecule has 1 heterocycles. The van der Waals surface area contributed by atoms with Gasteiger partial charge in [0.1, 0.15) is 23.0 Å². The van der Waals surface area contributed by atoms with Crippen molar-refractivity contribution in [2.75, 3.05) is 18.1 Å². The van der Waals surface area contributed by atoms with Crippen LogP contribution in [0.15, 0.2) is 78.4 Å². The number of benzene rings is 3. The summed E-state index contributed by atoms with van der Waals surface area (Å²) in [6.07, 6.45) is -4.95. The number of amides is 1. The molecule has 0 saturated carbocycles. The summed E-state index contributed by atoms with van der Waals surface area (Å²) in [4.78, 5) is 27.7. The highest BCUT2D eigenvalue weighted by Gasteiger charge is 2.47. The van der Waals surface area contributed by atoms with E-state index in [9.17, 15) is 27.9 Å². The molecule has 198 valence electrons. The van der Waals surface area contributed by atoms with Crippen LogP contribution in [-0.4, -0.2) is 36.4 Å². The number of alkyl halides is 3. The molecule has 0 aliphatic carbocycles. The van der Waals surface area contributed by atoms with Gasteiger partial charge in [-0.05, 0) is 43.7 Å². The molecule has 1 aliphatic heterocycles. The molecule has 4 rings (SSSR count).